The number of para-hydroxylation sites is 1. The minimum atomic E-state index is -0.104. The first-order valence-corrected chi connectivity index (χ1v) is 5.83. The molecule has 0 saturated carbocycles. The molecule has 1 N–H and O–H groups in total. The number of nitroso groups, excluding NO2 is 1. The van der Waals surface area contributed by atoms with Gasteiger partial charge in [0.05, 0.1) is 12.1 Å². The van der Waals surface area contributed by atoms with Crippen LogP contribution in [-0.4, -0.2) is 14.7 Å². The molecule has 0 radical (unpaired) electrons. The van der Waals surface area contributed by atoms with E-state index in [4.69, 9.17) is 0 Å². The van der Waals surface area contributed by atoms with E-state index in [1.165, 1.54) is 0 Å². The highest BCUT2D eigenvalue weighted by molar-refractivity contribution is 5.95. The number of benzene rings is 1. The second-order valence-electron chi connectivity index (χ2n) is 4.22. The van der Waals surface area contributed by atoms with Crippen molar-refractivity contribution in [3.05, 3.63) is 59.3 Å². The number of nitrogens with zero attached hydrogens (tertiary/aromatic N) is 3. The first-order chi connectivity index (χ1) is 9.31. The number of hydrogen-bond donors (Lipinski definition) is 1. The van der Waals surface area contributed by atoms with Crippen LogP contribution in [-0.2, 0) is 6.54 Å². The first kappa shape index (κ1) is 11.4. The number of pyridine rings is 1. The molecule has 0 fully saturated rings. The number of aromatic hydroxyl groups is 1. The van der Waals surface area contributed by atoms with E-state index in [1.807, 2.05) is 30.3 Å². The Morgan fingerprint density at radius 2 is 1.89 bits per heavy atom. The topological polar surface area (TPSA) is 67.5 Å². The first-order valence-electron chi connectivity index (χ1n) is 5.83. The van der Waals surface area contributed by atoms with Gasteiger partial charge in [0.25, 0.3) is 0 Å². The van der Waals surface area contributed by atoms with Crippen molar-refractivity contribution in [3.63, 3.8) is 0 Å². The molecule has 0 amide bonds. The molecule has 0 aliphatic rings. The van der Waals surface area contributed by atoms with Crippen LogP contribution in [0.4, 0.5) is 5.69 Å². The van der Waals surface area contributed by atoms with E-state index in [-0.39, 0.29) is 11.6 Å². The van der Waals surface area contributed by atoms with Gasteiger partial charge in [0, 0.05) is 17.8 Å². The summed E-state index contributed by atoms with van der Waals surface area (Å²) in [6.45, 7) is 0.463. The maximum absolute atomic E-state index is 10.9. The Labute approximate surface area is 109 Å². The van der Waals surface area contributed by atoms with Crippen LogP contribution in [0.25, 0.3) is 10.9 Å². The van der Waals surface area contributed by atoms with Crippen LogP contribution in [0, 0.1) is 4.91 Å². The van der Waals surface area contributed by atoms with E-state index in [0.717, 1.165) is 11.1 Å². The summed E-state index contributed by atoms with van der Waals surface area (Å²) in [5.74, 6) is -0.104. The standard InChI is InChI=1S/C14H11N3O2/c18-14-13(16-19)11-3-1-2-4-12(11)17(14)9-10-5-7-15-8-6-10/h1-8,18H,9H2. The fourth-order valence-electron chi connectivity index (χ4n) is 2.19. The van der Waals surface area contributed by atoms with Crippen LogP contribution in [0.5, 0.6) is 5.88 Å². The Kier molecular flexibility index (Phi) is 2.72. The van der Waals surface area contributed by atoms with Crippen molar-refractivity contribution in [1.29, 1.82) is 0 Å². The van der Waals surface area contributed by atoms with Crippen LogP contribution in [0.2, 0.25) is 0 Å². The summed E-state index contributed by atoms with van der Waals surface area (Å²) in [6.07, 6.45) is 3.38. The van der Waals surface area contributed by atoms with Crippen molar-refractivity contribution in [3.8, 4) is 5.88 Å². The molecule has 3 rings (SSSR count). The zero-order chi connectivity index (χ0) is 13.2. The molecule has 0 aliphatic carbocycles. The van der Waals surface area contributed by atoms with Crippen molar-refractivity contribution >= 4 is 16.6 Å². The summed E-state index contributed by atoms with van der Waals surface area (Å²) in [4.78, 5) is 14.8. The second kappa shape index (κ2) is 4.53. The summed E-state index contributed by atoms with van der Waals surface area (Å²) in [7, 11) is 0. The highest BCUT2D eigenvalue weighted by atomic mass is 16.3. The maximum Gasteiger partial charge on any atom is 0.222 e. The van der Waals surface area contributed by atoms with Gasteiger partial charge in [0.2, 0.25) is 5.88 Å². The highest BCUT2D eigenvalue weighted by Gasteiger charge is 2.16. The lowest BCUT2D eigenvalue weighted by Crippen LogP contribution is -1.98. The average Bonchev–Trinajstić information content (AvgIpc) is 2.73. The quantitative estimate of drug-likeness (QED) is 0.729. The normalized spacial score (nSPS) is 10.7. The van der Waals surface area contributed by atoms with E-state index < -0.39 is 0 Å². The third kappa shape index (κ3) is 1.85. The second-order valence-corrected chi connectivity index (χ2v) is 4.22. The molecule has 0 bridgehead atoms. The number of hydrogen-bond acceptors (Lipinski definition) is 4. The highest BCUT2D eigenvalue weighted by Crippen LogP contribution is 2.38. The van der Waals surface area contributed by atoms with Crippen LogP contribution in [0.15, 0.2) is 54.0 Å². The minimum absolute atomic E-state index is 0.0876. The lowest BCUT2D eigenvalue weighted by Gasteiger charge is -2.06. The van der Waals surface area contributed by atoms with Gasteiger partial charge in [-0.15, -0.1) is 4.91 Å². The van der Waals surface area contributed by atoms with Crippen molar-refractivity contribution in [2.45, 2.75) is 6.54 Å². The SMILES string of the molecule is O=Nc1c(O)n(Cc2ccncc2)c2ccccc12. The van der Waals surface area contributed by atoms with E-state index in [0.29, 0.717) is 11.9 Å². The fourth-order valence-corrected chi connectivity index (χ4v) is 2.19. The third-order valence-corrected chi connectivity index (χ3v) is 3.10. The van der Waals surface area contributed by atoms with Gasteiger partial charge in [0.15, 0.2) is 5.69 Å². The van der Waals surface area contributed by atoms with Gasteiger partial charge in [-0.1, -0.05) is 18.2 Å². The predicted octanol–water partition coefficient (Wildman–Crippen LogP) is 3.19. The maximum atomic E-state index is 10.9. The van der Waals surface area contributed by atoms with Crippen molar-refractivity contribution in [2.75, 3.05) is 0 Å². The van der Waals surface area contributed by atoms with E-state index in [2.05, 4.69) is 10.2 Å². The van der Waals surface area contributed by atoms with Gasteiger partial charge < -0.3 is 9.67 Å². The number of rotatable bonds is 3. The molecule has 5 heteroatoms. The van der Waals surface area contributed by atoms with Gasteiger partial charge in [0.1, 0.15) is 0 Å². The van der Waals surface area contributed by atoms with Gasteiger partial charge >= 0.3 is 0 Å². The zero-order valence-corrected chi connectivity index (χ0v) is 10.0. The molecule has 0 spiro atoms. The molecule has 0 saturated heterocycles. The predicted molar refractivity (Wildman–Crippen MR) is 72.4 cm³/mol. The van der Waals surface area contributed by atoms with E-state index >= 15 is 0 Å². The van der Waals surface area contributed by atoms with E-state index in [1.54, 1.807) is 23.0 Å². The van der Waals surface area contributed by atoms with Gasteiger partial charge in [-0.3, -0.25) is 4.98 Å². The Morgan fingerprint density at radius 3 is 2.63 bits per heavy atom. The zero-order valence-electron chi connectivity index (χ0n) is 10.0. The molecule has 3 aromatic rings. The lowest BCUT2D eigenvalue weighted by atomic mass is 10.2. The Hall–Kier alpha value is -2.69. The molecular formula is C14H11N3O2. The number of aromatic nitrogens is 2. The summed E-state index contributed by atoms with van der Waals surface area (Å²) in [6, 6.07) is 11.0. The van der Waals surface area contributed by atoms with Crippen LogP contribution >= 0.6 is 0 Å². The summed E-state index contributed by atoms with van der Waals surface area (Å²) >= 11 is 0. The summed E-state index contributed by atoms with van der Waals surface area (Å²) in [5.41, 5.74) is 1.86. The molecule has 2 aromatic heterocycles. The lowest BCUT2D eigenvalue weighted by molar-refractivity contribution is 0.430. The molecule has 0 aliphatic heterocycles. The van der Waals surface area contributed by atoms with E-state index in [9.17, 15) is 10.0 Å². The Bertz CT molecular complexity index is 735. The molecule has 5 nitrogen and oxygen atoms in total. The van der Waals surface area contributed by atoms with Crippen LogP contribution in [0.1, 0.15) is 5.56 Å². The molecule has 94 valence electrons. The molecule has 0 unspecified atom stereocenters. The molecule has 2 heterocycles. The fraction of sp³-hybridized carbons (Fsp3) is 0.0714. The molecular weight excluding hydrogens is 242 g/mol. The number of fused-ring (bicyclic) bond motifs is 1. The minimum Gasteiger partial charge on any atom is -0.493 e. The molecule has 0 atom stereocenters. The summed E-state index contributed by atoms with van der Waals surface area (Å²) < 4.78 is 1.67. The largest absolute Gasteiger partial charge is 0.493 e. The Balaban J connectivity index is 2.18. The monoisotopic (exact) mass is 253 g/mol. The Morgan fingerprint density at radius 1 is 1.16 bits per heavy atom. The van der Waals surface area contributed by atoms with Crippen molar-refractivity contribution in [1.82, 2.24) is 9.55 Å². The van der Waals surface area contributed by atoms with Crippen molar-refractivity contribution in [2.24, 2.45) is 5.18 Å². The van der Waals surface area contributed by atoms with Gasteiger partial charge in [-0.05, 0) is 28.9 Å². The smallest absolute Gasteiger partial charge is 0.222 e. The van der Waals surface area contributed by atoms with Crippen LogP contribution in [0.3, 0.4) is 0 Å². The average molecular weight is 253 g/mol. The van der Waals surface area contributed by atoms with Gasteiger partial charge in [-0.25, -0.2) is 0 Å². The van der Waals surface area contributed by atoms with Crippen LogP contribution < -0.4 is 0 Å². The summed E-state index contributed by atoms with van der Waals surface area (Å²) in [5, 5.41) is 13.7. The van der Waals surface area contributed by atoms with Crippen molar-refractivity contribution < 1.29 is 5.11 Å². The molecule has 1 aromatic carbocycles. The third-order valence-electron chi connectivity index (χ3n) is 3.10. The van der Waals surface area contributed by atoms with Gasteiger partial charge in [-0.2, -0.15) is 0 Å². The molecule has 19 heavy (non-hydrogen) atoms.